The first kappa shape index (κ1) is 70.0. The number of rotatable bonds is 11. The Labute approximate surface area is 714 Å². The Hall–Kier alpha value is -15.9. The van der Waals surface area contributed by atoms with Crippen molar-refractivity contribution in [3.63, 3.8) is 0 Å². The van der Waals surface area contributed by atoms with Crippen molar-refractivity contribution in [3.05, 3.63) is 386 Å². The Kier molecular flexibility index (Phi) is 14.8. The second-order valence-electron chi connectivity index (χ2n) is 34.6. The lowest BCUT2D eigenvalue weighted by Gasteiger charge is -2.24. The zero-order valence-corrected chi connectivity index (χ0v) is 68.1. The van der Waals surface area contributed by atoms with E-state index >= 15 is 0 Å². The Morgan fingerprint density at radius 1 is 0.185 bits per heavy atom. The van der Waals surface area contributed by atoms with E-state index in [1.54, 1.807) is 0 Å². The molecule has 0 saturated carbocycles. The van der Waals surface area contributed by atoms with E-state index in [1.165, 1.54) is 127 Å². The largest absolute Gasteiger partial charge is 0.456 e. The molecule has 26 rings (SSSR count). The van der Waals surface area contributed by atoms with E-state index in [-0.39, 0.29) is 5.41 Å². The first-order valence-electron chi connectivity index (χ1n) is 42.6. The molecule has 4 heterocycles. The molecule has 0 radical (unpaired) electrons. The summed E-state index contributed by atoms with van der Waals surface area (Å²) >= 11 is 0. The molecule has 578 valence electrons. The Morgan fingerprint density at radius 3 is 1.23 bits per heavy atom. The van der Waals surface area contributed by atoms with Crippen LogP contribution in [0.15, 0.2) is 373 Å². The Bertz CT molecular complexity index is 8400. The molecule has 0 N–H and O–H groups in total. The second kappa shape index (κ2) is 26.3. The quantitative estimate of drug-likeness (QED) is 0.126. The van der Waals surface area contributed by atoms with Gasteiger partial charge in [0.15, 0.2) is 34.9 Å². The van der Waals surface area contributed by atoms with Crippen LogP contribution < -0.4 is 0 Å². The molecule has 8 heteroatoms. The van der Waals surface area contributed by atoms with Crippen molar-refractivity contribution in [2.45, 2.75) is 38.5 Å². The molecular formula is C116H72N6O2. The third kappa shape index (κ3) is 10.4. The van der Waals surface area contributed by atoms with E-state index in [1.807, 2.05) is 36.4 Å². The molecule has 0 atom stereocenters. The van der Waals surface area contributed by atoms with Gasteiger partial charge in [0.25, 0.3) is 0 Å². The molecule has 0 unspecified atom stereocenters. The van der Waals surface area contributed by atoms with E-state index in [4.69, 9.17) is 38.7 Å². The number of benzene rings is 18. The van der Waals surface area contributed by atoms with Crippen molar-refractivity contribution in [1.82, 2.24) is 29.9 Å². The van der Waals surface area contributed by atoms with Crippen molar-refractivity contribution < 1.29 is 8.83 Å². The summed E-state index contributed by atoms with van der Waals surface area (Å²) in [5.41, 5.74) is 39.1. The van der Waals surface area contributed by atoms with Crippen LogP contribution in [0.25, 0.3) is 256 Å². The van der Waals surface area contributed by atoms with Crippen LogP contribution in [0.4, 0.5) is 0 Å². The summed E-state index contributed by atoms with van der Waals surface area (Å²) in [5, 5.41) is 9.37. The van der Waals surface area contributed by atoms with Gasteiger partial charge in [-0.3, -0.25) is 0 Å². The van der Waals surface area contributed by atoms with Gasteiger partial charge in [-0.15, -0.1) is 0 Å². The Morgan fingerprint density at radius 2 is 0.597 bits per heavy atom. The lowest BCUT2D eigenvalue weighted by atomic mass is 9.79. The molecule has 0 saturated heterocycles. The highest BCUT2D eigenvalue weighted by Gasteiger charge is 2.42. The maximum absolute atomic E-state index is 6.73. The van der Waals surface area contributed by atoms with Crippen LogP contribution in [0.3, 0.4) is 0 Å². The van der Waals surface area contributed by atoms with Gasteiger partial charge in [-0.25, -0.2) is 29.9 Å². The molecule has 0 aliphatic heterocycles. The highest BCUT2D eigenvalue weighted by Crippen LogP contribution is 2.59. The van der Waals surface area contributed by atoms with E-state index < -0.39 is 5.41 Å². The molecule has 4 aliphatic rings. The summed E-state index contributed by atoms with van der Waals surface area (Å²) in [6, 6.07) is 131. The average Bonchev–Trinajstić information content (AvgIpc) is 1.56. The zero-order chi connectivity index (χ0) is 82.0. The van der Waals surface area contributed by atoms with Crippen molar-refractivity contribution in [2.75, 3.05) is 0 Å². The molecule has 0 spiro atoms. The fraction of sp³-hybridized carbons (Fsp3) is 0.0517. The number of hydrogen-bond donors (Lipinski definition) is 0. The topological polar surface area (TPSA) is 104 Å². The minimum Gasteiger partial charge on any atom is -0.456 e. The highest BCUT2D eigenvalue weighted by molar-refractivity contribution is 6.22. The van der Waals surface area contributed by atoms with Gasteiger partial charge in [-0.1, -0.05) is 331 Å². The first-order chi connectivity index (χ1) is 60.9. The summed E-state index contributed by atoms with van der Waals surface area (Å²) in [6.07, 6.45) is 0. The predicted molar refractivity (Wildman–Crippen MR) is 507 cm³/mol. The van der Waals surface area contributed by atoms with Gasteiger partial charge in [-0.2, -0.15) is 0 Å². The lowest BCUT2D eigenvalue weighted by Crippen LogP contribution is -2.17. The first-order valence-corrected chi connectivity index (χ1v) is 42.6. The fourth-order valence-electron chi connectivity index (χ4n) is 21.4. The van der Waals surface area contributed by atoms with Crippen LogP contribution in [0.2, 0.25) is 0 Å². The van der Waals surface area contributed by atoms with Crippen molar-refractivity contribution >= 4 is 65.4 Å². The summed E-state index contributed by atoms with van der Waals surface area (Å²) in [7, 11) is 0. The number of furan rings is 2. The van der Waals surface area contributed by atoms with E-state index in [2.05, 4.69) is 355 Å². The molecule has 0 bridgehead atoms. The second-order valence-corrected chi connectivity index (χ2v) is 34.6. The van der Waals surface area contributed by atoms with E-state index in [0.717, 1.165) is 116 Å². The summed E-state index contributed by atoms with van der Waals surface area (Å²) in [4.78, 5) is 32.4. The van der Waals surface area contributed by atoms with Gasteiger partial charge in [0.1, 0.15) is 22.3 Å². The molecule has 0 amide bonds. The van der Waals surface area contributed by atoms with Crippen molar-refractivity contribution in [1.29, 1.82) is 0 Å². The number of fused-ring (bicyclic) bond motifs is 18. The maximum atomic E-state index is 6.73. The van der Waals surface area contributed by atoms with Gasteiger partial charge in [-0.05, 0) is 227 Å². The highest BCUT2D eigenvalue weighted by atomic mass is 16.3. The standard InChI is InChI=1S/C116H72N6O2/c1-115(2)95-56-50-71(61-92(95)83-53-49-75(64-97(83)115)113-118-109(66-23-7-5-8-24-66)117-111(120-113)73-31-13-29-68(59-73)79-37-21-47-100-106(79)93-62-70(51-57-98(93)123-100)76-54-55-88-82-34-12-11-33-81(82)85-41-18-40-84(76)104(85)88)78-36-20-46-96-105(78)90-44-19-45-91(108(90)116(96,3)4)114-121-110(67-25-9-6-10-26-67)119-112(122-114)74-32-14-30-69(60-74)80-38-22-48-101-107(80)94-63-72(52-58-99(94)124-101)77-35-17-42-87-86-39-15-27-65-28-16-43-89(102(65)86)103(77)87/h5-64H,1-4H3. The van der Waals surface area contributed by atoms with Gasteiger partial charge < -0.3 is 8.83 Å². The Balaban J connectivity index is 0.539. The third-order valence-corrected chi connectivity index (χ3v) is 27.1. The SMILES string of the molecule is CC1(C)c2ccc(-c3cccc4c3-c3cccc(-c5nc(-c6ccccc6)nc(-c6cccc(-c7cccc8oc9ccc(-c%10cccc%11c%10-c%10cccc%12cccc-%11c%10%12)cc9c78)c6)n5)c3C4(C)C)cc2-c2ccc(-c3nc(-c4ccccc4)nc(-c4cccc(-c5cccc6oc7ccc(-c8ccc9c%10c(cccc8%10)-c8ccccc8-9)cc7c56)c4)n3)cc21. The van der Waals surface area contributed by atoms with Gasteiger partial charge >= 0.3 is 0 Å². The van der Waals surface area contributed by atoms with Gasteiger partial charge in [0.2, 0.25) is 0 Å². The van der Waals surface area contributed by atoms with Crippen molar-refractivity contribution in [3.8, 4) is 191 Å². The van der Waals surface area contributed by atoms with Crippen LogP contribution in [-0.2, 0) is 10.8 Å². The molecule has 8 nitrogen and oxygen atoms in total. The summed E-state index contributed by atoms with van der Waals surface area (Å²) in [6.45, 7) is 9.40. The predicted octanol–water partition coefficient (Wildman–Crippen LogP) is 30.4. The minimum absolute atomic E-state index is 0.361. The fourth-order valence-corrected chi connectivity index (χ4v) is 21.4. The summed E-state index contributed by atoms with van der Waals surface area (Å²) in [5.74, 6) is 3.60. The minimum atomic E-state index is -0.451. The zero-order valence-electron chi connectivity index (χ0n) is 68.1. The molecule has 4 aromatic heterocycles. The van der Waals surface area contributed by atoms with Crippen LogP contribution in [0, 0.1) is 0 Å². The average molecular weight is 1580 g/mol. The van der Waals surface area contributed by atoms with Crippen LogP contribution in [-0.4, -0.2) is 29.9 Å². The monoisotopic (exact) mass is 1580 g/mol. The molecule has 22 aromatic rings. The lowest BCUT2D eigenvalue weighted by molar-refractivity contribution is 0.660. The van der Waals surface area contributed by atoms with Crippen molar-refractivity contribution in [2.24, 2.45) is 0 Å². The van der Waals surface area contributed by atoms with Crippen LogP contribution in [0.1, 0.15) is 49.9 Å². The third-order valence-electron chi connectivity index (χ3n) is 27.1. The molecule has 18 aromatic carbocycles. The molecule has 124 heavy (non-hydrogen) atoms. The molecule has 4 aliphatic carbocycles. The van der Waals surface area contributed by atoms with Crippen LogP contribution in [0.5, 0.6) is 0 Å². The number of aromatic nitrogens is 6. The van der Waals surface area contributed by atoms with E-state index in [9.17, 15) is 0 Å². The maximum Gasteiger partial charge on any atom is 0.164 e. The molecule has 0 fully saturated rings. The normalized spacial score (nSPS) is 13.3. The van der Waals surface area contributed by atoms with Crippen LogP contribution >= 0.6 is 0 Å². The molecular weight excluding hydrogens is 1510 g/mol. The van der Waals surface area contributed by atoms with E-state index in [0.29, 0.717) is 34.9 Å². The number of hydrogen-bond acceptors (Lipinski definition) is 8. The number of nitrogens with zero attached hydrogens (tertiary/aromatic N) is 6. The smallest absolute Gasteiger partial charge is 0.164 e. The summed E-state index contributed by atoms with van der Waals surface area (Å²) < 4.78 is 13.4. The van der Waals surface area contributed by atoms with Gasteiger partial charge in [0, 0.05) is 65.8 Å². The van der Waals surface area contributed by atoms with Gasteiger partial charge in [0.05, 0.1) is 0 Å².